The molecular weight excluding hydrogens is 325 g/mol. The summed E-state index contributed by atoms with van der Waals surface area (Å²) in [5.41, 5.74) is -0.0392. The second-order valence-corrected chi connectivity index (χ2v) is 5.92. The number of alkyl halides is 3. The van der Waals surface area contributed by atoms with Crippen LogP contribution in [0.25, 0.3) is 0 Å². The van der Waals surface area contributed by atoms with Crippen molar-refractivity contribution in [1.29, 1.82) is 0 Å². The number of aliphatic hydroxyl groups excluding tert-OH is 1. The van der Waals surface area contributed by atoms with Crippen molar-refractivity contribution in [2.24, 2.45) is 5.92 Å². The fourth-order valence-electron chi connectivity index (χ4n) is 2.87. The van der Waals surface area contributed by atoms with Gasteiger partial charge in [0.15, 0.2) is 6.61 Å². The lowest BCUT2D eigenvalue weighted by Gasteiger charge is -2.24. The highest BCUT2D eigenvalue weighted by molar-refractivity contribution is 5.96. The predicted octanol–water partition coefficient (Wildman–Crippen LogP) is 2.69. The van der Waals surface area contributed by atoms with Crippen LogP contribution in [0.1, 0.15) is 42.5 Å². The second-order valence-electron chi connectivity index (χ2n) is 5.92. The molecule has 0 spiro atoms. The molecule has 1 saturated carbocycles. The number of aliphatic hydroxyl groups is 1. The summed E-state index contributed by atoms with van der Waals surface area (Å²) in [6.07, 6.45) is 1.27. The van der Waals surface area contributed by atoms with Crippen LogP contribution in [0.4, 0.5) is 13.2 Å². The quantitative estimate of drug-likeness (QED) is 0.804. The minimum Gasteiger partial charge on any atom is -0.467 e. The van der Waals surface area contributed by atoms with Crippen LogP contribution >= 0.6 is 0 Å². The third kappa shape index (κ3) is 5.36. The number of amides is 1. The first-order chi connectivity index (χ1) is 11.4. The average Bonchev–Trinajstić information content (AvgIpc) is 2.77. The van der Waals surface area contributed by atoms with Gasteiger partial charge in [-0.25, -0.2) is 4.98 Å². The van der Waals surface area contributed by atoms with Gasteiger partial charge in [-0.05, 0) is 25.0 Å². The molecular formula is C16H21F3N2O3. The molecule has 24 heavy (non-hydrogen) atoms. The molecule has 0 radical (unpaired) electrons. The SMILES string of the molecule is O=C(NC1CCCCCC1CO)c1cccnc1OCC(F)(F)F. The van der Waals surface area contributed by atoms with Gasteiger partial charge in [0.1, 0.15) is 5.56 Å². The molecule has 2 rings (SSSR count). The Morgan fingerprint density at radius 2 is 2.08 bits per heavy atom. The lowest BCUT2D eigenvalue weighted by atomic mass is 9.95. The van der Waals surface area contributed by atoms with E-state index >= 15 is 0 Å². The summed E-state index contributed by atoms with van der Waals surface area (Å²) >= 11 is 0. The molecule has 0 saturated heterocycles. The van der Waals surface area contributed by atoms with Crippen LogP contribution in [0.15, 0.2) is 18.3 Å². The van der Waals surface area contributed by atoms with E-state index < -0.39 is 18.7 Å². The fourth-order valence-corrected chi connectivity index (χ4v) is 2.87. The van der Waals surface area contributed by atoms with E-state index in [1.54, 1.807) is 0 Å². The number of pyridine rings is 1. The summed E-state index contributed by atoms with van der Waals surface area (Å²) in [5, 5.41) is 12.3. The highest BCUT2D eigenvalue weighted by Crippen LogP contribution is 2.25. The van der Waals surface area contributed by atoms with E-state index in [4.69, 9.17) is 0 Å². The van der Waals surface area contributed by atoms with Gasteiger partial charge in [-0.3, -0.25) is 4.79 Å². The fraction of sp³-hybridized carbons (Fsp3) is 0.625. The Hall–Kier alpha value is -1.83. The number of carbonyl (C=O) groups is 1. The van der Waals surface area contributed by atoms with E-state index in [-0.39, 0.29) is 30.0 Å². The summed E-state index contributed by atoms with van der Waals surface area (Å²) in [6, 6.07) is 2.63. The van der Waals surface area contributed by atoms with Crippen LogP contribution in [0.5, 0.6) is 5.88 Å². The molecule has 0 aromatic carbocycles. The maximum absolute atomic E-state index is 12.4. The van der Waals surface area contributed by atoms with E-state index in [1.165, 1.54) is 18.3 Å². The molecule has 2 N–H and O–H groups in total. The number of hydrogen-bond acceptors (Lipinski definition) is 4. The summed E-state index contributed by atoms with van der Waals surface area (Å²) in [4.78, 5) is 16.2. The summed E-state index contributed by atoms with van der Waals surface area (Å²) in [7, 11) is 0. The Morgan fingerprint density at radius 3 is 2.79 bits per heavy atom. The Labute approximate surface area is 138 Å². The lowest BCUT2D eigenvalue weighted by molar-refractivity contribution is -0.154. The molecule has 2 atom stereocenters. The van der Waals surface area contributed by atoms with Gasteiger partial charge in [0, 0.05) is 24.8 Å². The van der Waals surface area contributed by atoms with Crippen LogP contribution in [0.2, 0.25) is 0 Å². The van der Waals surface area contributed by atoms with E-state index in [0.29, 0.717) is 0 Å². The minimum absolute atomic E-state index is 0.0323. The number of aromatic nitrogens is 1. The third-order valence-corrected chi connectivity index (χ3v) is 4.10. The van der Waals surface area contributed by atoms with Crippen LogP contribution in [-0.2, 0) is 0 Å². The average molecular weight is 346 g/mol. The van der Waals surface area contributed by atoms with Crippen LogP contribution < -0.4 is 10.1 Å². The molecule has 1 aliphatic carbocycles. The lowest BCUT2D eigenvalue weighted by Crippen LogP contribution is -2.41. The van der Waals surface area contributed by atoms with Crippen LogP contribution in [0.3, 0.4) is 0 Å². The van der Waals surface area contributed by atoms with Gasteiger partial charge in [-0.2, -0.15) is 13.2 Å². The molecule has 5 nitrogen and oxygen atoms in total. The van der Waals surface area contributed by atoms with E-state index in [9.17, 15) is 23.1 Å². The Kier molecular flexibility index (Phi) is 6.42. The van der Waals surface area contributed by atoms with E-state index in [1.807, 2.05) is 0 Å². The zero-order chi connectivity index (χ0) is 17.6. The van der Waals surface area contributed by atoms with Crippen molar-refractivity contribution in [1.82, 2.24) is 10.3 Å². The van der Waals surface area contributed by atoms with Crippen molar-refractivity contribution >= 4 is 5.91 Å². The van der Waals surface area contributed by atoms with Gasteiger partial charge < -0.3 is 15.2 Å². The molecule has 8 heteroatoms. The zero-order valence-corrected chi connectivity index (χ0v) is 13.2. The third-order valence-electron chi connectivity index (χ3n) is 4.10. The normalized spacial score (nSPS) is 21.8. The Bertz CT molecular complexity index is 552. The van der Waals surface area contributed by atoms with Crippen molar-refractivity contribution in [2.75, 3.05) is 13.2 Å². The maximum atomic E-state index is 12.4. The number of carbonyl (C=O) groups excluding carboxylic acids is 1. The molecule has 134 valence electrons. The molecule has 1 heterocycles. The van der Waals surface area contributed by atoms with Gasteiger partial charge in [0.25, 0.3) is 5.91 Å². The highest BCUT2D eigenvalue weighted by atomic mass is 19.4. The molecule has 1 aromatic heterocycles. The molecule has 1 aliphatic rings. The van der Waals surface area contributed by atoms with Gasteiger partial charge in [-0.1, -0.05) is 19.3 Å². The minimum atomic E-state index is -4.51. The monoisotopic (exact) mass is 346 g/mol. The number of halogens is 3. The van der Waals surface area contributed by atoms with Crippen molar-refractivity contribution < 1.29 is 27.8 Å². The molecule has 2 unspecified atom stereocenters. The van der Waals surface area contributed by atoms with Crippen molar-refractivity contribution in [3.8, 4) is 5.88 Å². The van der Waals surface area contributed by atoms with Crippen molar-refractivity contribution in [3.63, 3.8) is 0 Å². The van der Waals surface area contributed by atoms with Gasteiger partial charge in [0.05, 0.1) is 0 Å². The number of rotatable bonds is 5. The molecule has 1 aromatic rings. The number of nitrogens with zero attached hydrogens (tertiary/aromatic N) is 1. The molecule has 0 bridgehead atoms. The standard InChI is InChI=1S/C16H21F3N2O3/c17-16(18,19)10-24-15-12(6-4-8-20-15)14(23)21-13-7-3-1-2-5-11(13)9-22/h4,6,8,11,13,22H,1-3,5,7,9-10H2,(H,21,23). The molecule has 1 fully saturated rings. The summed E-state index contributed by atoms with van der Waals surface area (Å²) in [6.45, 7) is -1.54. The van der Waals surface area contributed by atoms with E-state index in [0.717, 1.165) is 32.1 Å². The first kappa shape index (κ1) is 18.5. The maximum Gasteiger partial charge on any atom is 0.422 e. The largest absolute Gasteiger partial charge is 0.467 e. The first-order valence-corrected chi connectivity index (χ1v) is 7.97. The van der Waals surface area contributed by atoms with Crippen molar-refractivity contribution in [3.05, 3.63) is 23.9 Å². The predicted molar refractivity (Wildman–Crippen MR) is 80.7 cm³/mol. The molecule has 0 aliphatic heterocycles. The number of nitrogens with one attached hydrogen (secondary N) is 1. The highest BCUT2D eigenvalue weighted by Gasteiger charge is 2.30. The Balaban J connectivity index is 2.08. The smallest absolute Gasteiger partial charge is 0.422 e. The molecule has 1 amide bonds. The van der Waals surface area contributed by atoms with Crippen molar-refractivity contribution in [2.45, 2.75) is 44.3 Å². The zero-order valence-electron chi connectivity index (χ0n) is 13.2. The van der Waals surface area contributed by atoms with E-state index in [2.05, 4.69) is 15.0 Å². The van der Waals surface area contributed by atoms with Gasteiger partial charge >= 0.3 is 6.18 Å². The number of hydrogen-bond donors (Lipinski definition) is 2. The van der Waals surface area contributed by atoms with Crippen LogP contribution in [0, 0.1) is 5.92 Å². The topological polar surface area (TPSA) is 71.5 Å². The Morgan fingerprint density at radius 1 is 1.33 bits per heavy atom. The summed E-state index contributed by atoms with van der Waals surface area (Å²) in [5.74, 6) is -0.931. The summed E-state index contributed by atoms with van der Waals surface area (Å²) < 4.78 is 41.6. The van der Waals surface area contributed by atoms with Gasteiger partial charge in [-0.15, -0.1) is 0 Å². The van der Waals surface area contributed by atoms with Crippen LogP contribution in [-0.4, -0.2) is 41.4 Å². The number of ether oxygens (including phenoxy) is 1. The second kappa shape index (κ2) is 8.32. The first-order valence-electron chi connectivity index (χ1n) is 7.97. The van der Waals surface area contributed by atoms with Gasteiger partial charge in [0.2, 0.25) is 5.88 Å².